The molecule has 1 fully saturated rings. The van der Waals surface area contributed by atoms with E-state index in [1.807, 2.05) is 20.8 Å². The summed E-state index contributed by atoms with van der Waals surface area (Å²) >= 11 is 3.69. The van der Waals surface area contributed by atoms with Crippen LogP contribution in [-0.2, 0) is 4.74 Å². The van der Waals surface area contributed by atoms with Crippen molar-refractivity contribution in [2.45, 2.75) is 65.5 Å². The average Bonchev–Trinajstić information content (AvgIpc) is 2.58. The van der Waals surface area contributed by atoms with Crippen molar-refractivity contribution in [3.8, 4) is 0 Å². The molecule has 3 atom stereocenters. The summed E-state index contributed by atoms with van der Waals surface area (Å²) in [6.45, 7) is 13.1. The summed E-state index contributed by atoms with van der Waals surface area (Å²) in [4.78, 5) is 16.5. The highest BCUT2D eigenvalue weighted by Gasteiger charge is 2.29. The molecule has 154 valence electrons. The minimum atomic E-state index is -0.456. The van der Waals surface area contributed by atoms with E-state index in [2.05, 4.69) is 46.8 Å². The zero-order chi connectivity index (χ0) is 20.2. The molecule has 0 bridgehead atoms. The van der Waals surface area contributed by atoms with Crippen LogP contribution in [0.5, 0.6) is 0 Å². The van der Waals surface area contributed by atoms with Gasteiger partial charge in [-0.1, -0.05) is 41.9 Å². The van der Waals surface area contributed by atoms with Crippen LogP contribution in [0.4, 0.5) is 4.79 Å². The number of carbonyl (C=O) groups excluding carboxylic acids is 1. The van der Waals surface area contributed by atoms with Gasteiger partial charge in [0, 0.05) is 37.9 Å². The number of amides is 1. The Labute approximate surface area is 173 Å². The van der Waals surface area contributed by atoms with E-state index in [9.17, 15) is 4.79 Å². The summed E-state index contributed by atoms with van der Waals surface area (Å²) in [5, 5.41) is 0. The van der Waals surface area contributed by atoms with Gasteiger partial charge in [0.2, 0.25) is 0 Å². The Balaban J connectivity index is 2.05. The van der Waals surface area contributed by atoms with Gasteiger partial charge in [0.25, 0.3) is 0 Å². The average molecular weight is 442 g/mol. The molecular weight excluding hydrogens is 406 g/mol. The van der Waals surface area contributed by atoms with Gasteiger partial charge in [-0.15, -0.1) is 0 Å². The zero-order valence-corrected chi connectivity index (χ0v) is 19.1. The number of hydrogen-bond acceptors (Lipinski definition) is 4. The first-order valence-electron chi connectivity index (χ1n) is 10.1. The largest absolute Gasteiger partial charge is 0.444 e. The number of piperazine rings is 1. The molecule has 0 aromatic rings. The van der Waals surface area contributed by atoms with Gasteiger partial charge in [0.05, 0.1) is 0 Å². The van der Waals surface area contributed by atoms with Gasteiger partial charge in [-0.25, -0.2) is 4.79 Å². The van der Waals surface area contributed by atoms with Gasteiger partial charge in [0.15, 0.2) is 0 Å². The van der Waals surface area contributed by atoms with E-state index in [1.165, 1.54) is 10.2 Å². The fourth-order valence-electron chi connectivity index (χ4n) is 3.55. The maximum absolute atomic E-state index is 12.3. The van der Waals surface area contributed by atoms with Crippen LogP contribution in [0.2, 0.25) is 0 Å². The SMILES string of the molecule is CC1/C=C(/Br)CCC(C)C(N)/C(N2CCN(C(=O)OC(C)(C)C)CC2)=C/C1. The fourth-order valence-corrected chi connectivity index (χ4v) is 4.23. The van der Waals surface area contributed by atoms with Gasteiger partial charge in [0.1, 0.15) is 5.60 Å². The standard InChI is InChI=1S/C21H36BrN3O2/c1-15-6-9-18(19(23)16(2)7-8-17(22)14-15)24-10-12-25(13-11-24)20(26)27-21(3,4)5/h9,14-16,19H,6-8,10-13,23H2,1-5H3/b17-14+,18-9-. The van der Waals surface area contributed by atoms with Gasteiger partial charge in [-0.05, 0) is 56.4 Å². The van der Waals surface area contributed by atoms with Crippen LogP contribution in [-0.4, -0.2) is 53.7 Å². The summed E-state index contributed by atoms with van der Waals surface area (Å²) in [5.41, 5.74) is 7.45. The molecule has 2 aliphatic rings. The van der Waals surface area contributed by atoms with Crippen molar-refractivity contribution >= 4 is 22.0 Å². The van der Waals surface area contributed by atoms with Crippen LogP contribution < -0.4 is 5.73 Å². The molecule has 0 radical (unpaired) electrons. The molecule has 1 saturated heterocycles. The van der Waals surface area contributed by atoms with Crippen LogP contribution in [0, 0.1) is 11.8 Å². The molecule has 1 heterocycles. The van der Waals surface area contributed by atoms with Crippen molar-refractivity contribution in [1.82, 2.24) is 9.80 Å². The van der Waals surface area contributed by atoms with Crippen LogP contribution >= 0.6 is 15.9 Å². The Hall–Kier alpha value is -1.01. The normalized spacial score (nSPS) is 32.2. The Kier molecular flexibility index (Phi) is 7.81. The predicted molar refractivity (Wildman–Crippen MR) is 115 cm³/mol. The van der Waals surface area contributed by atoms with Crippen molar-refractivity contribution in [3.05, 3.63) is 22.3 Å². The number of nitrogens with zero attached hydrogens (tertiary/aromatic N) is 2. The molecule has 0 spiro atoms. The van der Waals surface area contributed by atoms with Gasteiger partial charge in [-0.3, -0.25) is 0 Å². The second-order valence-electron chi connectivity index (χ2n) is 8.95. The van der Waals surface area contributed by atoms with Crippen molar-refractivity contribution < 1.29 is 9.53 Å². The van der Waals surface area contributed by atoms with E-state index in [0.717, 1.165) is 32.4 Å². The molecule has 5 nitrogen and oxygen atoms in total. The predicted octanol–water partition coefficient (Wildman–Crippen LogP) is 4.49. The smallest absolute Gasteiger partial charge is 0.410 e. The van der Waals surface area contributed by atoms with Crippen LogP contribution in [0.1, 0.15) is 53.9 Å². The molecule has 1 aliphatic heterocycles. The van der Waals surface area contributed by atoms with Crippen molar-refractivity contribution in [2.75, 3.05) is 26.2 Å². The molecule has 2 N–H and O–H groups in total. The Morgan fingerprint density at radius 3 is 2.44 bits per heavy atom. The molecule has 0 aromatic heterocycles. The maximum atomic E-state index is 12.3. The number of halogens is 1. The number of hydrogen-bond donors (Lipinski definition) is 1. The molecule has 6 heteroatoms. The van der Waals surface area contributed by atoms with Crippen LogP contribution in [0.3, 0.4) is 0 Å². The first-order chi connectivity index (χ1) is 12.6. The van der Waals surface area contributed by atoms with Gasteiger partial charge in [-0.2, -0.15) is 0 Å². The number of rotatable bonds is 1. The van der Waals surface area contributed by atoms with E-state index in [4.69, 9.17) is 10.5 Å². The highest BCUT2D eigenvalue weighted by molar-refractivity contribution is 9.11. The molecule has 27 heavy (non-hydrogen) atoms. The molecule has 0 saturated carbocycles. The summed E-state index contributed by atoms with van der Waals surface area (Å²) in [5.74, 6) is 0.896. The molecule has 1 amide bonds. The third-order valence-corrected chi connectivity index (χ3v) is 5.91. The Morgan fingerprint density at radius 2 is 1.85 bits per heavy atom. The third kappa shape index (κ3) is 6.83. The van der Waals surface area contributed by atoms with E-state index >= 15 is 0 Å². The summed E-state index contributed by atoms with van der Waals surface area (Å²) in [6, 6.07) is 0.0312. The highest BCUT2D eigenvalue weighted by Crippen LogP contribution is 2.28. The Bertz CT molecular complexity index is 574. The van der Waals surface area contributed by atoms with Crippen molar-refractivity contribution in [1.29, 1.82) is 0 Å². The zero-order valence-electron chi connectivity index (χ0n) is 17.5. The number of carbonyl (C=O) groups is 1. The molecule has 1 aliphatic carbocycles. The van der Waals surface area contributed by atoms with Crippen LogP contribution in [0.25, 0.3) is 0 Å². The van der Waals surface area contributed by atoms with Crippen molar-refractivity contribution in [2.24, 2.45) is 17.6 Å². The molecular formula is C21H36BrN3O2. The van der Waals surface area contributed by atoms with E-state index in [0.29, 0.717) is 24.9 Å². The topological polar surface area (TPSA) is 58.8 Å². The lowest BCUT2D eigenvalue weighted by Gasteiger charge is -2.40. The summed E-state index contributed by atoms with van der Waals surface area (Å²) in [7, 11) is 0. The molecule has 3 unspecified atom stereocenters. The number of ether oxygens (including phenoxy) is 1. The Morgan fingerprint density at radius 1 is 1.22 bits per heavy atom. The lowest BCUT2D eigenvalue weighted by Crippen LogP contribution is -2.52. The minimum Gasteiger partial charge on any atom is -0.444 e. The van der Waals surface area contributed by atoms with Crippen LogP contribution in [0.15, 0.2) is 22.3 Å². The van der Waals surface area contributed by atoms with Gasteiger partial charge >= 0.3 is 6.09 Å². The maximum Gasteiger partial charge on any atom is 0.410 e. The molecule has 2 rings (SSSR count). The van der Waals surface area contributed by atoms with E-state index in [1.54, 1.807) is 4.90 Å². The monoisotopic (exact) mass is 441 g/mol. The quantitative estimate of drug-likeness (QED) is 0.650. The first-order valence-corrected chi connectivity index (χ1v) is 10.9. The van der Waals surface area contributed by atoms with E-state index < -0.39 is 5.60 Å². The summed E-state index contributed by atoms with van der Waals surface area (Å²) in [6.07, 6.45) is 7.51. The molecule has 0 aromatic carbocycles. The lowest BCUT2D eigenvalue weighted by atomic mass is 9.90. The second kappa shape index (κ2) is 9.46. The lowest BCUT2D eigenvalue weighted by molar-refractivity contribution is 0.0163. The van der Waals surface area contributed by atoms with Crippen molar-refractivity contribution in [3.63, 3.8) is 0 Å². The first kappa shape index (κ1) is 22.3. The third-order valence-electron chi connectivity index (χ3n) is 5.25. The highest BCUT2D eigenvalue weighted by atomic mass is 79.9. The number of nitrogens with two attached hydrogens (primary N) is 1. The second-order valence-corrected chi connectivity index (χ2v) is 9.97. The van der Waals surface area contributed by atoms with E-state index in [-0.39, 0.29) is 12.1 Å². The van der Waals surface area contributed by atoms with Gasteiger partial charge < -0.3 is 20.3 Å². The fraction of sp³-hybridized carbons (Fsp3) is 0.762. The minimum absolute atomic E-state index is 0.0312. The number of allylic oxidation sites excluding steroid dienone is 3. The summed E-state index contributed by atoms with van der Waals surface area (Å²) < 4.78 is 6.79.